The van der Waals surface area contributed by atoms with Crippen LogP contribution in [-0.4, -0.2) is 72.0 Å². The SMILES string of the molecule is CN1CCN(c2ncnc3c2CCN(C(=O)C2CC2)CC3)CC1. The van der Waals surface area contributed by atoms with E-state index in [2.05, 4.69) is 26.8 Å². The molecule has 3 heterocycles. The van der Waals surface area contributed by atoms with Gasteiger partial charge in [-0.05, 0) is 26.3 Å². The van der Waals surface area contributed by atoms with Crippen molar-refractivity contribution in [2.75, 3.05) is 51.2 Å². The Morgan fingerprint density at radius 1 is 1.04 bits per heavy atom. The van der Waals surface area contributed by atoms with Crippen molar-refractivity contribution < 1.29 is 4.79 Å². The maximum Gasteiger partial charge on any atom is 0.225 e. The topological polar surface area (TPSA) is 52.6 Å². The smallest absolute Gasteiger partial charge is 0.225 e. The number of nitrogens with zero attached hydrogens (tertiary/aromatic N) is 5. The predicted molar refractivity (Wildman–Crippen MR) is 88.5 cm³/mol. The molecule has 1 aromatic heterocycles. The second kappa shape index (κ2) is 6.07. The van der Waals surface area contributed by atoms with Crippen LogP contribution in [0.5, 0.6) is 0 Å². The van der Waals surface area contributed by atoms with Gasteiger partial charge in [0.2, 0.25) is 5.91 Å². The van der Waals surface area contributed by atoms with Crippen LogP contribution < -0.4 is 4.90 Å². The van der Waals surface area contributed by atoms with Gasteiger partial charge in [-0.25, -0.2) is 9.97 Å². The monoisotopic (exact) mass is 315 g/mol. The Morgan fingerprint density at radius 3 is 2.52 bits per heavy atom. The number of anilines is 1. The lowest BCUT2D eigenvalue weighted by atomic mass is 10.1. The maximum absolute atomic E-state index is 12.4. The standard InChI is InChI=1S/C17H25N5O/c1-20-8-10-21(11-9-20)16-14-4-6-22(17(23)13-2-3-13)7-5-15(14)18-12-19-16/h12-13H,2-11H2,1H3. The molecule has 1 saturated heterocycles. The summed E-state index contributed by atoms with van der Waals surface area (Å²) in [5, 5.41) is 0. The fourth-order valence-electron chi connectivity index (χ4n) is 3.61. The van der Waals surface area contributed by atoms with Crippen molar-refractivity contribution in [3.05, 3.63) is 17.6 Å². The van der Waals surface area contributed by atoms with Crippen LogP contribution in [0.1, 0.15) is 24.1 Å². The fourth-order valence-corrected chi connectivity index (χ4v) is 3.61. The van der Waals surface area contributed by atoms with Gasteiger partial charge < -0.3 is 14.7 Å². The highest BCUT2D eigenvalue weighted by Crippen LogP contribution is 2.32. The van der Waals surface area contributed by atoms with Crippen LogP contribution >= 0.6 is 0 Å². The van der Waals surface area contributed by atoms with Gasteiger partial charge in [0.15, 0.2) is 0 Å². The largest absolute Gasteiger partial charge is 0.354 e. The van der Waals surface area contributed by atoms with Crippen LogP contribution in [0, 0.1) is 5.92 Å². The minimum Gasteiger partial charge on any atom is -0.354 e. The van der Waals surface area contributed by atoms with Crippen LogP contribution in [-0.2, 0) is 17.6 Å². The lowest BCUT2D eigenvalue weighted by molar-refractivity contribution is -0.132. The second-order valence-electron chi connectivity index (χ2n) is 7.01. The molecule has 0 spiro atoms. The number of carbonyl (C=O) groups is 1. The van der Waals surface area contributed by atoms with Crippen LogP contribution in [0.2, 0.25) is 0 Å². The summed E-state index contributed by atoms with van der Waals surface area (Å²) in [6.45, 7) is 5.81. The molecule has 0 N–H and O–H groups in total. The van der Waals surface area contributed by atoms with E-state index < -0.39 is 0 Å². The Kier molecular flexibility index (Phi) is 3.93. The summed E-state index contributed by atoms with van der Waals surface area (Å²) in [6, 6.07) is 0. The van der Waals surface area contributed by atoms with E-state index in [0.29, 0.717) is 11.8 Å². The molecule has 6 nitrogen and oxygen atoms in total. The number of fused-ring (bicyclic) bond motifs is 1. The first-order valence-electron chi connectivity index (χ1n) is 8.77. The summed E-state index contributed by atoms with van der Waals surface area (Å²) in [4.78, 5) is 28.3. The van der Waals surface area contributed by atoms with Gasteiger partial charge in [0, 0.05) is 57.2 Å². The van der Waals surface area contributed by atoms with Crippen LogP contribution in [0.25, 0.3) is 0 Å². The van der Waals surface area contributed by atoms with Gasteiger partial charge in [-0.2, -0.15) is 0 Å². The third-order valence-electron chi connectivity index (χ3n) is 5.30. The molecular weight excluding hydrogens is 290 g/mol. The molecule has 1 aliphatic carbocycles. The zero-order valence-electron chi connectivity index (χ0n) is 13.9. The molecule has 1 aromatic rings. The molecule has 6 heteroatoms. The van der Waals surface area contributed by atoms with Gasteiger partial charge >= 0.3 is 0 Å². The Morgan fingerprint density at radius 2 is 1.78 bits per heavy atom. The van der Waals surface area contributed by atoms with Gasteiger partial charge in [-0.1, -0.05) is 0 Å². The van der Waals surface area contributed by atoms with Gasteiger partial charge in [-0.15, -0.1) is 0 Å². The molecule has 0 unspecified atom stereocenters. The van der Waals surface area contributed by atoms with Crippen molar-refractivity contribution in [3.63, 3.8) is 0 Å². The lowest BCUT2D eigenvalue weighted by Gasteiger charge is -2.34. The van der Waals surface area contributed by atoms with Crippen molar-refractivity contribution in [1.82, 2.24) is 19.8 Å². The highest BCUT2D eigenvalue weighted by atomic mass is 16.2. The van der Waals surface area contributed by atoms with E-state index in [-0.39, 0.29) is 0 Å². The minimum atomic E-state index is 0.305. The third kappa shape index (κ3) is 3.04. The van der Waals surface area contributed by atoms with Crippen molar-refractivity contribution in [3.8, 4) is 0 Å². The third-order valence-corrected chi connectivity index (χ3v) is 5.30. The summed E-state index contributed by atoms with van der Waals surface area (Å²) >= 11 is 0. The van der Waals surface area contributed by atoms with E-state index in [1.54, 1.807) is 6.33 Å². The molecular formula is C17H25N5O. The van der Waals surface area contributed by atoms with Gasteiger partial charge in [0.25, 0.3) is 0 Å². The van der Waals surface area contributed by atoms with Crippen molar-refractivity contribution in [2.24, 2.45) is 5.92 Å². The zero-order valence-corrected chi connectivity index (χ0v) is 13.9. The van der Waals surface area contributed by atoms with E-state index in [1.807, 2.05) is 4.90 Å². The fraction of sp³-hybridized carbons (Fsp3) is 0.706. The summed E-state index contributed by atoms with van der Waals surface area (Å²) in [6.07, 6.45) is 5.60. The molecule has 2 aliphatic heterocycles. The first kappa shape index (κ1) is 14.9. The number of amides is 1. The first-order valence-corrected chi connectivity index (χ1v) is 8.77. The van der Waals surface area contributed by atoms with E-state index in [0.717, 1.165) is 76.5 Å². The highest BCUT2D eigenvalue weighted by Gasteiger charge is 2.34. The normalized spacial score (nSPS) is 22.7. The van der Waals surface area contributed by atoms with Crippen molar-refractivity contribution >= 4 is 11.7 Å². The van der Waals surface area contributed by atoms with Crippen LogP contribution in [0.4, 0.5) is 5.82 Å². The van der Waals surface area contributed by atoms with E-state index >= 15 is 0 Å². The summed E-state index contributed by atoms with van der Waals surface area (Å²) in [5.41, 5.74) is 2.41. The lowest BCUT2D eigenvalue weighted by Crippen LogP contribution is -2.45. The molecule has 1 saturated carbocycles. The number of likely N-dealkylation sites (N-methyl/N-ethyl adjacent to an activating group) is 1. The zero-order chi connectivity index (χ0) is 15.8. The number of aromatic nitrogens is 2. The van der Waals surface area contributed by atoms with Gasteiger partial charge in [0.1, 0.15) is 12.1 Å². The number of rotatable bonds is 2. The van der Waals surface area contributed by atoms with Crippen molar-refractivity contribution in [2.45, 2.75) is 25.7 Å². The second-order valence-corrected chi connectivity index (χ2v) is 7.01. The average Bonchev–Trinajstić information content (AvgIpc) is 3.41. The highest BCUT2D eigenvalue weighted by molar-refractivity contribution is 5.81. The van der Waals surface area contributed by atoms with Crippen molar-refractivity contribution in [1.29, 1.82) is 0 Å². The van der Waals surface area contributed by atoms with Crippen LogP contribution in [0.15, 0.2) is 6.33 Å². The number of hydrogen-bond acceptors (Lipinski definition) is 5. The Hall–Kier alpha value is -1.69. The van der Waals surface area contributed by atoms with Crippen LogP contribution in [0.3, 0.4) is 0 Å². The quantitative estimate of drug-likeness (QED) is 0.798. The van der Waals surface area contributed by atoms with E-state index in [9.17, 15) is 4.79 Å². The average molecular weight is 315 g/mol. The summed E-state index contributed by atoms with van der Waals surface area (Å²) in [5.74, 6) is 1.76. The Bertz CT molecular complexity index is 593. The molecule has 3 aliphatic rings. The van der Waals surface area contributed by atoms with Gasteiger partial charge in [0.05, 0.1) is 5.69 Å². The molecule has 124 valence electrons. The molecule has 0 aromatic carbocycles. The minimum absolute atomic E-state index is 0.305. The number of hydrogen-bond donors (Lipinski definition) is 0. The maximum atomic E-state index is 12.4. The van der Waals surface area contributed by atoms with Gasteiger partial charge in [-0.3, -0.25) is 4.79 Å². The van der Waals surface area contributed by atoms with E-state index in [4.69, 9.17) is 0 Å². The molecule has 0 atom stereocenters. The predicted octanol–water partition coefficient (Wildman–Crippen LogP) is 0.566. The molecule has 0 bridgehead atoms. The molecule has 2 fully saturated rings. The Balaban J connectivity index is 1.53. The summed E-state index contributed by atoms with van der Waals surface area (Å²) < 4.78 is 0. The molecule has 4 rings (SSSR count). The molecule has 0 radical (unpaired) electrons. The van der Waals surface area contributed by atoms with E-state index in [1.165, 1.54) is 5.56 Å². The first-order chi connectivity index (χ1) is 11.2. The Labute approximate surface area is 137 Å². The molecule has 1 amide bonds. The number of carbonyl (C=O) groups excluding carboxylic acids is 1. The molecule has 23 heavy (non-hydrogen) atoms. The summed E-state index contributed by atoms with van der Waals surface area (Å²) in [7, 11) is 2.17. The number of piperazine rings is 1.